The number of hydrogen-bond acceptors (Lipinski definition) is 5. The SMILES string of the molecule is CN(C)c1cccc2c1N(CC1CC1)C(c1nc3c(n1C)=CC1CCN(C[C@H](N)CF)C(=O)C1C=3)C2. The first-order chi connectivity index (χ1) is 17.4. The van der Waals surface area contributed by atoms with Crippen molar-refractivity contribution < 1.29 is 9.18 Å². The van der Waals surface area contributed by atoms with Crippen LogP contribution in [0.1, 0.15) is 36.7 Å². The summed E-state index contributed by atoms with van der Waals surface area (Å²) in [7, 11) is 6.35. The van der Waals surface area contributed by atoms with Crippen molar-refractivity contribution in [1.29, 1.82) is 0 Å². The molecule has 0 radical (unpaired) electrons. The molecule has 1 saturated carbocycles. The van der Waals surface area contributed by atoms with Crippen LogP contribution in [0, 0.1) is 17.8 Å². The molecule has 7 nitrogen and oxygen atoms in total. The summed E-state index contributed by atoms with van der Waals surface area (Å²) in [4.78, 5) is 24.9. The number of carbonyl (C=O) groups excluding carboxylic acids is 1. The standard InChI is InChI=1S/C28H37FN6O/c1-32(2)23-6-4-5-19-12-25(35(26(19)23)15-17-7-8-17)27-31-22-13-21-18(11-24(22)33(27)3)9-10-34(28(21)36)16-20(30)14-29/h4-6,11,13,17-18,20-21,25H,7-10,12,14-16,30H2,1-3H3/t18?,20-,21?,25?/m1/s1. The van der Waals surface area contributed by atoms with Crippen molar-refractivity contribution >= 4 is 29.4 Å². The van der Waals surface area contributed by atoms with Gasteiger partial charge < -0.3 is 25.0 Å². The van der Waals surface area contributed by atoms with Crippen molar-refractivity contribution in [3.63, 3.8) is 0 Å². The number of para-hydroxylation sites is 1. The van der Waals surface area contributed by atoms with Crippen molar-refractivity contribution in [1.82, 2.24) is 14.5 Å². The van der Waals surface area contributed by atoms with Crippen LogP contribution in [-0.4, -0.2) is 66.8 Å². The van der Waals surface area contributed by atoms with Crippen LogP contribution in [0.3, 0.4) is 0 Å². The van der Waals surface area contributed by atoms with E-state index in [1.54, 1.807) is 4.90 Å². The number of benzene rings is 1. The summed E-state index contributed by atoms with van der Waals surface area (Å²) in [5, 5.41) is 2.01. The van der Waals surface area contributed by atoms with Crippen LogP contribution in [0.2, 0.25) is 0 Å². The molecule has 3 heterocycles. The van der Waals surface area contributed by atoms with E-state index >= 15 is 0 Å². The lowest BCUT2D eigenvalue weighted by Gasteiger charge is -2.37. The van der Waals surface area contributed by atoms with E-state index in [9.17, 15) is 9.18 Å². The highest BCUT2D eigenvalue weighted by atomic mass is 19.1. The molecule has 6 rings (SSSR count). The highest BCUT2D eigenvalue weighted by Crippen LogP contribution is 2.47. The van der Waals surface area contributed by atoms with Crippen molar-refractivity contribution in [3.8, 4) is 0 Å². The molecule has 192 valence electrons. The van der Waals surface area contributed by atoms with Gasteiger partial charge in [0.1, 0.15) is 12.5 Å². The Morgan fingerprint density at radius 1 is 1.22 bits per heavy atom. The van der Waals surface area contributed by atoms with Crippen molar-refractivity contribution in [3.05, 3.63) is 40.3 Å². The minimum atomic E-state index is -0.622. The van der Waals surface area contributed by atoms with Crippen LogP contribution in [0.4, 0.5) is 15.8 Å². The molecule has 0 spiro atoms. The first-order valence-electron chi connectivity index (χ1n) is 13.3. The average molecular weight is 493 g/mol. The van der Waals surface area contributed by atoms with Crippen LogP contribution in [0.25, 0.3) is 12.2 Å². The van der Waals surface area contributed by atoms with Gasteiger partial charge in [0.15, 0.2) is 0 Å². The van der Waals surface area contributed by atoms with Gasteiger partial charge in [-0.25, -0.2) is 9.37 Å². The van der Waals surface area contributed by atoms with Gasteiger partial charge in [-0.15, -0.1) is 0 Å². The normalized spacial score (nSPS) is 25.6. The number of fused-ring (bicyclic) bond motifs is 3. The number of alkyl halides is 1. The molecule has 0 bridgehead atoms. The molecule has 3 unspecified atom stereocenters. The van der Waals surface area contributed by atoms with Crippen molar-refractivity contribution in [2.75, 3.05) is 50.2 Å². The number of nitrogens with zero attached hydrogens (tertiary/aromatic N) is 5. The van der Waals surface area contributed by atoms with Crippen LogP contribution in [0.15, 0.2) is 18.2 Å². The number of aromatic nitrogens is 2. The Morgan fingerprint density at radius 2 is 2.03 bits per heavy atom. The third-order valence-corrected chi connectivity index (χ3v) is 8.46. The van der Waals surface area contributed by atoms with Gasteiger partial charge in [-0.3, -0.25) is 4.79 Å². The molecule has 2 aliphatic carbocycles. The zero-order chi connectivity index (χ0) is 25.1. The number of carbonyl (C=O) groups is 1. The van der Waals surface area contributed by atoms with Gasteiger partial charge >= 0.3 is 0 Å². The fourth-order valence-corrected chi connectivity index (χ4v) is 6.36. The number of rotatable bonds is 7. The summed E-state index contributed by atoms with van der Waals surface area (Å²) < 4.78 is 15.2. The van der Waals surface area contributed by atoms with E-state index in [2.05, 4.69) is 65.9 Å². The first kappa shape index (κ1) is 23.5. The smallest absolute Gasteiger partial charge is 0.230 e. The molecule has 4 aliphatic rings. The Labute approximate surface area is 212 Å². The molecule has 8 heteroatoms. The zero-order valence-corrected chi connectivity index (χ0v) is 21.5. The number of anilines is 2. The highest BCUT2D eigenvalue weighted by Gasteiger charge is 2.40. The first-order valence-corrected chi connectivity index (χ1v) is 13.3. The van der Waals surface area contributed by atoms with Crippen molar-refractivity contribution in [2.24, 2.45) is 30.5 Å². The highest BCUT2D eigenvalue weighted by molar-refractivity contribution is 5.87. The summed E-state index contributed by atoms with van der Waals surface area (Å²) in [5.41, 5.74) is 9.79. The Kier molecular flexibility index (Phi) is 5.82. The Bertz CT molecular complexity index is 1300. The molecule has 2 aliphatic heterocycles. The number of likely N-dealkylation sites (tertiary alicyclic amines) is 1. The lowest BCUT2D eigenvalue weighted by molar-refractivity contribution is -0.137. The Hall–Kier alpha value is -2.87. The predicted molar refractivity (Wildman–Crippen MR) is 141 cm³/mol. The molecule has 1 aromatic carbocycles. The largest absolute Gasteiger partial charge is 0.376 e. The Morgan fingerprint density at radius 3 is 2.75 bits per heavy atom. The maximum absolute atomic E-state index is 13.2. The summed E-state index contributed by atoms with van der Waals surface area (Å²) in [6.45, 7) is 1.34. The van der Waals surface area contributed by atoms with E-state index in [-0.39, 0.29) is 30.3 Å². The maximum Gasteiger partial charge on any atom is 0.230 e. The molecule has 2 aromatic rings. The third-order valence-electron chi connectivity index (χ3n) is 8.46. The Balaban J connectivity index is 1.37. The maximum atomic E-state index is 13.2. The number of nitrogens with two attached hydrogens (primary N) is 1. The molecular weight excluding hydrogens is 455 g/mol. The summed E-state index contributed by atoms with van der Waals surface area (Å²) in [6.07, 6.45) is 8.70. The zero-order valence-electron chi connectivity index (χ0n) is 21.5. The van der Waals surface area contributed by atoms with Gasteiger partial charge in [0.25, 0.3) is 0 Å². The van der Waals surface area contributed by atoms with Crippen molar-refractivity contribution in [2.45, 2.75) is 37.8 Å². The van der Waals surface area contributed by atoms with Crippen LogP contribution in [-0.2, 0) is 18.3 Å². The topological polar surface area (TPSA) is 70.6 Å². The number of piperidine rings is 1. The third kappa shape index (κ3) is 3.90. The quantitative estimate of drug-likeness (QED) is 0.632. The van der Waals surface area contributed by atoms with E-state index in [4.69, 9.17) is 10.7 Å². The minimum absolute atomic E-state index is 0.0449. The lowest BCUT2D eigenvalue weighted by Crippen LogP contribution is -2.51. The number of halogens is 1. The molecule has 2 N–H and O–H groups in total. The molecular formula is C28H37FN6O. The van der Waals surface area contributed by atoms with Gasteiger partial charge in [-0.1, -0.05) is 18.2 Å². The number of amides is 1. The number of imidazole rings is 1. The van der Waals surface area contributed by atoms with E-state index in [0.29, 0.717) is 6.54 Å². The molecule has 1 saturated heterocycles. The van der Waals surface area contributed by atoms with Crippen LogP contribution in [0.5, 0.6) is 0 Å². The summed E-state index contributed by atoms with van der Waals surface area (Å²) >= 11 is 0. The van der Waals surface area contributed by atoms with Crippen LogP contribution < -0.4 is 26.2 Å². The predicted octanol–water partition coefficient (Wildman–Crippen LogP) is 1.34. The van der Waals surface area contributed by atoms with Gasteiger partial charge in [-0.05, 0) is 48.8 Å². The second kappa shape index (κ2) is 8.91. The fourth-order valence-electron chi connectivity index (χ4n) is 6.36. The molecule has 1 amide bonds. The van der Waals surface area contributed by atoms with E-state index in [0.717, 1.165) is 41.8 Å². The van der Waals surface area contributed by atoms with E-state index in [1.165, 1.54) is 29.8 Å². The molecule has 36 heavy (non-hydrogen) atoms. The molecule has 1 aromatic heterocycles. The molecule has 2 fully saturated rings. The summed E-state index contributed by atoms with van der Waals surface area (Å²) in [6, 6.07) is 6.18. The second-order valence-electron chi connectivity index (χ2n) is 11.3. The van der Waals surface area contributed by atoms with Crippen LogP contribution >= 0.6 is 0 Å². The summed E-state index contributed by atoms with van der Waals surface area (Å²) in [5.74, 6) is 1.77. The van der Waals surface area contributed by atoms with Gasteiger partial charge in [0.05, 0.1) is 40.1 Å². The van der Waals surface area contributed by atoms with Gasteiger partial charge in [0, 0.05) is 47.2 Å². The second-order valence-corrected chi connectivity index (χ2v) is 11.3. The number of hydrogen-bond donors (Lipinski definition) is 1. The minimum Gasteiger partial charge on any atom is -0.376 e. The van der Waals surface area contributed by atoms with E-state index in [1.807, 2.05) is 0 Å². The van der Waals surface area contributed by atoms with Gasteiger partial charge in [-0.2, -0.15) is 0 Å². The monoisotopic (exact) mass is 492 g/mol. The lowest BCUT2D eigenvalue weighted by atomic mass is 9.82. The average Bonchev–Trinajstić information content (AvgIpc) is 3.54. The van der Waals surface area contributed by atoms with Gasteiger partial charge in [0.2, 0.25) is 5.91 Å². The fraction of sp³-hybridized carbons (Fsp3) is 0.571. The van der Waals surface area contributed by atoms with E-state index < -0.39 is 12.7 Å². The molecule has 4 atom stereocenters.